The predicted octanol–water partition coefficient (Wildman–Crippen LogP) is 2.89. The van der Waals surface area contributed by atoms with E-state index in [0.717, 1.165) is 36.1 Å². The average Bonchev–Trinajstić information content (AvgIpc) is 2.42. The fourth-order valence-electron chi connectivity index (χ4n) is 2.38. The molecule has 2 rings (SSSR count). The molecule has 0 amide bonds. The van der Waals surface area contributed by atoms with Crippen LogP contribution in [0.25, 0.3) is 0 Å². The molecule has 1 atom stereocenters. The summed E-state index contributed by atoms with van der Waals surface area (Å²) >= 11 is 3.42. The van der Waals surface area contributed by atoms with E-state index in [2.05, 4.69) is 21.2 Å². The van der Waals surface area contributed by atoms with Gasteiger partial charge in [-0.05, 0) is 37.5 Å². The number of benzene rings is 1. The summed E-state index contributed by atoms with van der Waals surface area (Å²) < 4.78 is 6.38. The van der Waals surface area contributed by atoms with Crippen LogP contribution in [0.15, 0.2) is 28.7 Å². The number of ether oxygens (including phenoxy) is 1. The lowest BCUT2D eigenvalue weighted by atomic mass is 9.94. The van der Waals surface area contributed by atoms with E-state index in [1.54, 1.807) is 6.92 Å². The van der Waals surface area contributed by atoms with Crippen LogP contribution >= 0.6 is 15.9 Å². The molecule has 104 valence electrons. The van der Waals surface area contributed by atoms with Gasteiger partial charge in [-0.2, -0.15) is 0 Å². The normalized spacial score (nSPS) is 18.2. The van der Waals surface area contributed by atoms with Gasteiger partial charge in [0, 0.05) is 30.3 Å². The largest absolute Gasteiger partial charge is 0.381 e. The van der Waals surface area contributed by atoms with E-state index in [0.29, 0.717) is 12.6 Å². The van der Waals surface area contributed by atoms with Crippen molar-refractivity contribution in [2.45, 2.75) is 31.7 Å². The molecule has 0 unspecified atom stereocenters. The van der Waals surface area contributed by atoms with Gasteiger partial charge in [0.2, 0.25) is 0 Å². The summed E-state index contributed by atoms with van der Waals surface area (Å²) in [6.07, 6.45) is 2.07. The molecule has 1 aliphatic rings. The summed E-state index contributed by atoms with van der Waals surface area (Å²) in [6.45, 7) is 4.02. The van der Waals surface area contributed by atoms with Crippen LogP contribution < -0.4 is 5.32 Å². The fraction of sp³-hybridized carbons (Fsp3) is 0.533. The molecule has 1 fully saturated rings. The van der Waals surface area contributed by atoms with E-state index >= 15 is 0 Å². The van der Waals surface area contributed by atoms with Crippen molar-refractivity contribution in [1.29, 1.82) is 0 Å². The van der Waals surface area contributed by atoms with Gasteiger partial charge in [-0.15, -0.1) is 0 Å². The highest BCUT2D eigenvalue weighted by Crippen LogP contribution is 2.20. The number of carbonyl (C=O) groups is 1. The van der Waals surface area contributed by atoms with Crippen molar-refractivity contribution < 1.29 is 9.53 Å². The standard InChI is InChI=1S/C15H20BrNO2/c1-11(18)15(12-2-4-13(16)5-3-12)10-17-14-6-8-19-9-7-14/h2-5,14-15,17H,6-10H2,1H3/t15-/m0/s1. The molecule has 0 saturated carbocycles. The summed E-state index contributed by atoms with van der Waals surface area (Å²) in [5.41, 5.74) is 1.08. The van der Waals surface area contributed by atoms with Gasteiger partial charge in [0.25, 0.3) is 0 Å². The minimum atomic E-state index is -0.0593. The molecule has 0 aliphatic carbocycles. The van der Waals surface area contributed by atoms with Crippen LogP contribution in [0.1, 0.15) is 31.2 Å². The van der Waals surface area contributed by atoms with Crippen LogP contribution in [0, 0.1) is 0 Å². The third-order valence-corrected chi connectivity index (χ3v) is 4.12. The molecular weight excluding hydrogens is 306 g/mol. The summed E-state index contributed by atoms with van der Waals surface area (Å²) in [4.78, 5) is 11.8. The summed E-state index contributed by atoms with van der Waals surface area (Å²) in [5.74, 6) is 0.151. The van der Waals surface area contributed by atoms with E-state index in [1.165, 1.54) is 0 Å². The maximum absolute atomic E-state index is 11.8. The highest BCUT2D eigenvalue weighted by molar-refractivity contribution is 9.10. The van der Waals surface area contributed by atoms with Crippen LogP contribution in [0.5, 0.6) is 0 Å². The van der Waals surface area contributed by atoms with Crippen molar-refractivity contribution in [3.05, 3.63) is 34.3 Å². The Morgan fingerprint density at radius 2 is 2.00 bits per heavy atom. The lowest BCUT2D eigenvalue weighted by Gasteiger charge is -2.25. The SMILES string of the molecule is CC(=O)[C@H](CNC1CCOCC1)c1ccc(Br)cc1. The first kappa shape index (κ1) is 14.7. The number of Topliss-reactive ketones (excluding diaryl/α,β-unsaturated/α-hetero) is 1. The highest BCUT2D eigenvalue weighted by Gasteiger charge is 2.19. The maximum atomic E-state index is 11.8. The molecule has 19 heavy (non-hydrogen) atoms. The van der Waals surface area contributed by atoms with Crippen molar-refractivity contribution in [3.63, 3.8) is 0 Å². The van der Waals surface area contributed by atoms with Gasteiger partial charge in [0.05, 0.1) is 5.92 Å². The molecule has 0 bridgehead atoms. The lowest BCUT2D eigenvalue weighted by Crippen LogP contribution is -2.38. The molecule has 0 spiro atoms. The van der Waals surface area contributed by atoms with Gasteiger partial charge >= 0.3 is 0 Å². The van der Waals surface area contributed by atoms with Crippen LogP contribution in [0.2, 0.25) is 0 Å². The second-order valence-electron chi connectivity index (χ2n) is 5.01. The first-order valence-corrected chi connectivity index (χ1v) is 7.53. The number of nitrogens with one attached hydrogen (secondary N) is 1. The smallest absolute Gasteiger partial charge is 0.138 e. The number of hydrogen-bond donors (Lipinski definition) is 1. The van der Waals surface area contributed by atoms with Crippen molar-refractivity contribution >= 4 is 21.7 Å². The van der Waals surface area contributed by atoms with E-state index in [9.17, 15) is 4.79 Å². The first-order valence-electron chi connectivity index (χ1n) is 6.74. The topological polar surface area (TPSA) is 38.3 Å². The first-order chi connectivity index (χ1) is 9.16. The Morgan fingerprint density at radius 3 is 2.58 bits per heavy atom. The quantitative estimate of drug-likeness (QED) is 0.904. The molecule has 1 aliphatic heterocycles. The summed E-state index contributed by atoms with van der Waals surface area (Å²) in [7, 11) is 0. The zero-order chi connectivity index (χ0) is 13.7. The van der Waals surface area contributed by atoms with Gasteiger partial charge in [-0.3, -0.25) is 4.79 Å². The Morgan fingerprint density at radius 1 is 1.37 bits per heavy atom. The predicted molar refractivity (Wildman–Crippen MR) is 79.4 cm³/mol. The highest BCUT2D eigenvalue weighted by atomic mass is 79.9. The number of halogens is 1. The third kappa shape index (κ3) is 4.41. The van der Waals surface area contributed by atoms with Gasteiger partial charge in [0.1, 0.15) is 5.78 Å². The lowest BCUT2D eigenvalue weighted by molar-refractivity contribution is -0.118. The second kappa shape index (κ2) is 7.17. The van der Waals surface area contributed by atoms with Gasteiger partial charge < -0.3 is 10.1 Å². The van der Waals surface area contributed by atoms with Crippen molar-refractivity contribution in [2.24, 2.45) is 0 Å². The number of ketones is 1. The molecule has 1 aromatic carbocycles. The number of rotatable bonds is 5. The van der Waals surface area contributed by atoms with E-state index in [-0.39, 0.29) is 11.7 Å². The van der Waals surface area contributed by atoms with E-state index < -0.39 is 0 Å². The third-order valence-electron chi connectivity index (χ3n) is 3.60. The van der Waals surface area contributed by atoms with E-state index in [4.69, 9.17) is 4.74 Å². The summed E-state index contributed by atoms with van der Waals surface area (Å²) in [5, 5.41) is 3.50. The molecule has 1 N–H and O–H groups in total. The molecule has 1 saturated heterocycles. The van der Waals surface area contributed by atoms with E-state index in [1.807, 2.05) is 24.3 Å². The van der Waals surface area contributed by atoms with Crippen LogP contribution in [-0.2, 0) is 9.53 Å². The fourth-order valence-corrected chi connectivity index (χ4v) is 2.64. The van der Waals surface area contributed by atoms with Crippen molar-refractivity contribution in [3.8, 4) is 0 Å². The molecule has 3 nitrogen and oxygen atoms in total. The van der Waals surface area contributed by atoms with Crippen LogP contribution in [0.3, 0.4) is 0 Å². The minimum absolute atomic E-state index is 0.0593. The number of carbonyl (C=O) groups excluding carboxylic acids is 1. The van der Waals surface area contributed by atoms with Crippen molar-refractivity contribution in [1.82, 2.24) is 5.32 Å². The monoisotopic (exact) mass is 325 g/mol. The van der Waals surface area contributed by atoms with Gasteiger partial charge in [-0.1, -0.05) is 28.1 Å². The Balaban J connectivity index is 1.96. The van der Waals surface area contributed by atoms with Crippen LogP contribution in [0.4, 0.5) is 0 Å². The molecule has 0 aromatic heterocycles. The Kier molecular flexibility index (Phi) is 5.55. The Labute approximate surface area is 122 Å². The van der Waals surface area contributed by atoms with Gasteiger partial charge in [0.15, 0.2) is 0 Å². The Bertz CT molecular complexity index is 413. The van der Waals surface area contributed by atoms with Gasteiger partial charge in [-0.25, -0.2) is 0 Å². The minimum Gasteiger partial charge on any atom is -0.381 e. The zero-order valence-electron chi connectivity index (χ0n) is 11.2. The zero-order valence-corrected chi connectivity index (χ0v) is 12.8. The average molecular weight is 326 g/mol. The molecule has 4 heteroatoms. The van der Waals surface area contributed by atoms with Crippen molar-refractivity contribution in [2.75, 3.05) is 19.8 Å². The summed E-state index contributed by atoms with van der Waals surface area (Å²) in [6, 6.07) is 8.48. The molecule has 1 heterocycles. The molecule has 0 radical (unpaired) electrons. The Hall–Kier alpha value is -0.710. The molecular formula is C15H20BrNO2. The van der Waals surface area contributed by atoms with Crippen LogP contribution in [-0.4, -0.2) is 31.6 Å². The second-order valence-corrected chi connectivity index (χ2v) is 5.93. The molecule has 1 aromatic rings. The maximum Gasteiger partial charge on any atom is 0.138 e. The number of hydrogen-bond acceptors (Lipinski definition) is 3.